The van der Waals surface area contributed by atoms with Crippen LogP contribution in [-0.2, 0) is 0 Å². The molecule has 0 aromatic rings. The van der Waals surface area contributed by atoms with Crippen LogP contribution in [0.25, 0.3) is 0 Å². The van der Waals surface area contributed by atoms with E-state index in [0.717, 1.165) is 5.92 Å². The molecule has 2 nitrogen and oxygen atoms in total. The van der Waals surface area contributed by atoms with Crippen molar-refractivity contribution in [2.75, 3.05) is 20.1 Å². The number of likely N-dealkylation sites (N-methyl/N-ethyl adjacent to an activating group) is 1. The number of likely N-dealkylation sites (tertiary alicyclic amines) is 1. The van der Waals surface area contributed by atoms with Gasteiger partial charge >= 0.3 is 0 Å². The molecule has 72 valence electrons. The predicted molar refractivity (Wildman–Crippen MR) is 53.3 cm³/mol. The lowest BCUT2D eigenvalue weighted by Gasteiger charge is -2.54. The summed E-state index contributed by atoms with van der Waals surface area (Å²) in [6, 6.07) is 0.699. The van der Waals surface area contributed by atoms with E-state index < -0.39 is 0 Å². The molecule has 1 rings (SSSR count). The smallest absolute Gasteiger partial charge is 0.0458 e. The van der Waals surface area contributed by atoms with E-state index >= 15 is 0 Å². The van der Waals surface area contributed by atoms with E-state index in [1.165, 1.54) is 13.1 Å². The summed E-state index contributed by atoms with van der Waals surface area (Å²) in [6.07, 6.45) is 0. The fraction of sp³-hybridized carbons (Fsp3) is 1.00. The first-order chi connectivity index (χ1) is 5.52. The van der Waals surface area contributed by atoms with Crippen molar-refractivity contribution in [1.29, 1.82) is 0 Å². The minimum Gasteiger partial charge on any atom is -0.312 e. The van der Waals surface area contributed by atoms with Gasteiger partial charge in [0.1, 0.15) is 0 Å². The lowest BCUT2D eigenvalue weighted by Crippen LogP contribution is -2.72. The lowest BCUT2D eigenvalue weighted by atomic mass is 9.78. The van der Waals surface area contributed by atoms with Crippen molar-refractivity contribution in [1.82, 2.24) is 10.2 Å². The Labute approximate surface area is 76.3 Å². The molecule has 0 amide bonds. The first-order valence-corrected chi connectivity index (χ1v) is 4.95. The molecule has 0 atom stereocenters. The average molecular weight is 170 g/mol. The molecule has 0 spiro atoms. The molecular formula is C10H22N2. The van der Waals surface area contributed by atoms with Gasteiger partial charge in [-0.05, 0) is 26.8 Å². The third kappa shape index (κ3) is 1.50. The zero-order chi connectivity index (χ0) is 9.35. The molecule has 0 radical (unpaired) electrons. The summed E-state index contributed by atoms with van der Waals surface area (Å²) in [5.41, 5.74) is 0.393. The highest BCUT2D eigenvalue weighted by Crippen LogP contribution is 2.29. The van der Waals surface area contributed by atoms with E-state index in [4.69, 9.17) is 0 Å². The van der Waals surface area contributed by atoms with Gasteiger partial charge in [0.05, 0.1) is 0 Å². The molecule has 0 saturated carbocycles. The standard InChI is InChI=1S/C10H22N2/c1-8(2)10(11-5)6-12(7-10)9(3)4/h8-9,11H,6-7H2,1-5H3. The average Bonchev–Trinajstić information content (AvgIpc) is 1.84. The number of hydrogen-bond acceptors (Lipinski definition) is 2. The normalized spacial score (nSPS) is 23.2. The topological polar surface area (TPSA) is 15.3 Å². The Morgan fingerprint density at radius 1 is 1.17 bits per heavy atom. The minimum absolute atomic E-state index is 0.393. The number of nitrogens with one attached hydrogen (secondary N) is 1. The van der Waals surface area contributed by atoms with Crippen molar-refractivity contribution < 1.29 is 0 Å². The highest BCUT2D eigenvalue weighted by Gasteiger charge is 2.44. The first-order valence-electron chi connectivity index (χ1n) is 4.95. The van der Waals surface area contributed by atoms with Gasteiger partial charge in [-0.15, -0.1) is 0 Å². The maximum atomic E-state index is 3.46. The molecule has 0 aromatic heterocycles. The van der Waals surface area contributed by atoms with Gasteiger partial charge in [0.25, 0.3) is 0 Å². The van der Waals surface area contributed by atoms with Crippen LogP contribution in [0.1, 0.15) is 27.7 Å². The molecule has 1 fully saturated rings. The van der Waals surface area contributed by atoms with Crippen LogP contribution in [-0.4, -0.2) is 36.6 Å². The van der Waals surface area contributed by atoms with E-state index in [9.17, 15) is 0 Å². The number of nitrogens with zero attached hydrogens (tertiary/aromatic N) is 1. The molecule has 0 unspecified atom stereocenters. The van der Waals surface area contributed by atoms with Gasteiger partial charge in [0.15, 0.2) is 0 Å². The minimum atomic E-state index is 0.393. The molecule has 1 N–H and O–H groups in total. The van der Waals surface area contributed by atoms with Crippen LogP contribution in [0, 0.1) is 5.92 Å². The van der Waals surface area contributed by atoms with Crippen LogP contribution in [0.15, 0.2) is 0 Å². The van der Waals surface area contributed by atoms with Crippen LogP contribution in [0.2, 0.25) is 0 Å². The molecule has 2 heteroatoms. The molecule has 1 heterocycles. The molecule has 12 heavy (non-hydrogen) atoms. The Kier molecular flexibility index (Phi) is 2.79. The van der Waals surface area contributed by atoms with Gasteiger partial charge in [0, 0.05) is 24.7 Å². The van der Waals surface area contributed by atoms with Crippen molar-refractivity contribution >= 4 is 0 Å². The third-order valence-electron chi connectivity index (χ3n) is 3.30. The second kappa shape index (κ2) is 3.35. The van der Waals surface area contributed by atoms with E-state index in [1.807, 2.05) is 0 Å². The Morgan fingerprint density at radius 3 is 1.92 bits per heavy atom. The van der Waals surface area contributed by atoms with E-state index in [0.29, 0.717) is 11.6 Å². The fourth-order valence-electron chi connectivity index (χ4n) is 1.86. The largest absolute Gasteiger partial charge is 0.312 e. The summed E-state index contributed by atoms with van der Waals surface area (Å²) >= 11 is 0. The Hall–Kier alpha value is -0.0800. The van der Waals surface area contributed by atoms with Gasteiger partial charge in [-0.2, -0.15) is 0 Å². The molecule has 1 saturated heterocycles. The first kappa shape index (κ1) is 10.0. The van der Waals surface area contributed by atoms with Gasteiger partial charge in [-0.1, -0.05) is 13.8 Å². The van der Waals surface area contributed by atoms with Crippen molar-refractivity contribution in [2.45, 2.75) is 39.3 Å². The van der Waals surface area contributed by atoms with Crippen molar-refractivity contribution in [2.24, 2.45) is 5.92 Å². The van der Waals surface area contributed by atoms with Gasteiger partial charge in [-0.25, -0.2) is 0 Å². The van der Waals surface area contributed by atoms with E-state index in [-0.39, 0.29) is 0 Å². The highest BCUT2D eigenvalue weighted by molar-refractivity contribution is 5.04. The van der Waals surface area contributed by atoms with Gasteiger partial charge < -0.3 is 5.32 Å². The molecular weight excluding hydrogens is 148 g/mol. The fourth-order valence-corrected chi connectivity index (χ4v) is 1.86. The van der Waals surface area contributed by atoms with Crippen LogP contribution < -0.4 is 5.32 Å². The SMILES string of the molecule is CNC1(C(C)C)CN(C(C)C)C1. The van der Waals surface area contributed by atoms with Crippen molar-refractivity contribution in [3.8, 4) is 0 Å². The highest BCUT2D eigenvalue weighted by atomic mass is 15.3. The van der Waals surface area contributed by atoms with E-state index in [2.05, 4.69) is 45.0 Å². The third-order valence-corrected chi connectivity index (χ3v) is 3.30. The predicted octanol–water partition coefficient (Wildman–Crippen LogP) is 1.32. The summed E-state index contributed by atoms with van der Waals surface area (Å²) in [5, 5.41) is 3.46. The maximum Gasteiger partial charge on any atom is 0.0458 e. The van der Waals surface area contributed by atoms with Crippen LogP contribution in [0.4, 0.5) is 0 Å². The molecule has 1 aliphatic heterocycles. The zero-order valence-electron chi connectivity index (χ0n) is 9.02. The van der Waals surface area contributed by atoms with Crippen LogP contribution in [0.3, 0.4) is 0 Å². The summed E-state index contributed by atoms with van der Waals surface area (Å²) < 4.78 is 0. The lowest BCUT2D eigenvalue weighted by molar-refractivity contribution is -0.00788. The second-order valence-electron chi connectivity index (χ2n) is 4.56. The summed E-state index contributed by atoms with van der Waals surface area (Å²) in [5.74, 6) is 0.734. The second-order valence-corrected chi connectivity index (χ2v) is 4.56. The molecule has 0 aromatic carbocycles. The summed E-state index contributed by atoms with van der Waals surface area (Å²) in [6.45, 7) is 11.5. The van der Waals surface area contributed by atoms with Crippen molar-refractivity contribution in [3.05, 3.63) is 0 Å². The molecule has 0 bridgehead atoms. The van der Waals surface area contributed by atoms with Crippen LogP contribution >= 0.6 is 0 Å². The molecule has 0 aliphatic carbocycles. The van der Waals surface area contributed by atoms with Gasteiger partial charge in [0.2, 0.25) is 0 Å². The summed E-state index contributed by atoms with van der Waals surface area (Å²) in [7, 11) is 2.08. The Morgan fingerprint density at radius 2 is 1.67 bits per heavy atom. The molecule has 1 aliphatic rings. The quantitative estimate of drug-likeness (QED) is 0.687. The Balaban J connectivity index is 2.46. The summed E-state index contributed by atoms with van der Waals surface area (Å²) in [4.78, 5) is 2.51. The Bertz CT molecular complexity index is 146. The van der Waals surface area contributed by atoms with Gasteiger partial charge in [-0.3, -0.25) is 4.90 Å². The van der Waals surface area contributed by atoms with Crippen LogP contribution in [0.5, 0.6) is 0 Å². The monoisotopic (exact) mass is 170 g/mol. The maximum absolute atomic E-state index is 3.46. The zero-order valence-corrected chi connectivity index (χ0v) is 9.02. The number of rotatable bonds is 3. The number of hydrogen-bond donors (Lipinski definition) is 1. The van der Waals surface area contributed by atoms with E-state index in [1.54, 1.807) is 0 Å². The van der Waals surface area contributed by atoms with Crippen molar-refractivity contribution in [3.63, 3.8) is 0 Å².